The molecule has 2 unspecified atom stereocenters. The summed E-state index contributed by atoms with van der Waals surface area (Å²) in [5.41, 5.74) is 14.1. The van der Waals surface area contributed by atoms with E-state index in [0.29, 0.717) is 18.7 Å². The molecule has 11 heteroatoms. The average molecular weight is 498 g/mol. The molecule has 0 saturated heterocycles. The standard InChI is InChI=1S/C25H35N7O4/c1-16-11-12-17(2)20(14-16)31-32-25(35)30-21(15-18-8-5-4-6-9-18)22(33)29-19(23(34)36-3)10-7-13-28-24(26)27/h4-6,8-9,11-12,14,19,21,24,28H,7,10,13,15,26-27H2,1-3H3,(H,29,33)(H,30,35). The van der Waals surface area contributed by atoms with Gasteiger partial charge in [-0.15, -0.1) is 5.11 Å². The average Bonchev–Trinajstić information content (AvgIpc) is 2.85. The summed E-state index contributed by atoms with van der Waals surface area (Å²) in [6, 6.07) is 12.1. The zero-order valence-corrected chi connectivity index (χ0v) is 20.9. The number of urea groups is 1. The van der Waals surface area contributed by atoms with Crippen LogP contribution in [0, 0.1) is 13.8 Å². The highest BCUT2D eigenvalue weighted by Crippen LogP contribution is 2.20. The van der Waals surface area contributed by atoms with E-state index in [1.165, 1.54) is 7.11 Å². The quantitative estimate of drug-likeness (QED) is 0.129. The lowest BCUT2D eigenvalue weighted by Crippen LogP contribution is -2.52. The van der Waals surface area contributed by atoms with Gasteiger partial charge in [0.25, 0.3) is 0 Å². The predicted molar refractivity (Wildman–Crippen MR) is 136 cm³/mol. The minimum absolute atomic E-state index is 0.189. The number of hydrogen-bond donors (Lipinski definition) is 5. The Hall–Kier alpha value is -3.67. The van der Waals surface area contributed by atoms with E-state index >= 15 is 0 Å². The van der Waals surface area contributed by atoms with Crippen molar-refractivity contribution in [3.63, 3.8) is 0 Å². The summed E-state index contributed by atoms with van der Waals surface area (Å²) in [6.07, 6.45) is 0.301. The highest BCUT2D eigenvalue weighted by atomic mass is 16.5. The summed E-state index contributed by atoms with van der Waals surface area (Å²) in [7, 11) is 1.24. The zero-order valence-electron chi connectivity index (χ0n) is 20.9. The molecule has 3 amide bonds. The number of hydrogen-bond acceptors (Lipinski definition) is 8. The van der Waals surface area contributed by atoms with Gasteiger partial charge >= 0.3 is 12.0 Å². The van der Waals surface area contributed by atoms with E-state index in [1.807, 2.05) is 62.4 Å². The molecule has 0 bridgehead atoms. The molecule has 0 saturated carbocycles. The van der Waals surface area contributed by atoms with Crippen LogP contribution in [0.5, 0.6) is 0 Å². The van der Waals surface area contributed by atoms with Gasteiger partial charge in [0, 0.05) is 6.42 Å². The Morgan fingerprint density at radius 2 is 1.72 bits per heavy atom. The molecule has 2 aromatic rings. The van der Waals surface area contributed by atoms with Crippen LogP contribution in [0.25, 0.3) is 0 Å². The van der Waals surface area contributed by atoms with E-state index in [4.69, 9.17) is 16.2 Å². The van der Waals surface area contributed by atoms with Crippen molar-refractivity contribution in [3.8, 4) is 0 Å². The van der Waals surface area contributed by atoms with Gasteiger partial charge in [-0.3, -0.25) is 10.1 Å². The number of carbonyl (C=O) groups excluding carboxylic acids is 3. The van der Waals surface area contributed by atoms with Gasteiger partial charge in [-0.25, -0.2) is 9.59 Å². The number of ether oxygens (including phenoxy) is 1. The van der Waals surface area contributed by atoms with E-state index in [0.717, 1.165) is 16.7 Å². The highest BCUT2D eigenvalue weighted by Gasteiger charge is 2.27. The fourth-order valence-corrected chi connectivity index (χ4v) is 3.40. The maximum atomic E-state index is 13.2. The third-order valence-corrected chi connectivity index (χ3v) is 5.36. The number of nitrogens with one attached hydrogen (secondary N) is 3. The largest absolute Gasteiger partial charge is 0.467 e. The monoisotopic (exact) mass is 497 g/mol. The fraction of sp³-hybridized carbons (Fsp3) is 0.400. The molecule has 11 nitrogen and oxygen atoms in total. The number of nitrogens with two attached hydrogens (primary N) is 2. The first-order chi connectivity index (χ1) is 17.2. The Balaban J connectivity index is 2.14. The molecule has 2 rings (SSSR count). The second-order valence-corrected chi connectivity index (χ2v) is 8.39. The molecule has 0 aromatic heterocycles. The summed E-state index contributed by atoms with van der Waals surface area (Å²) in [5.74, 6) is -1.15. The molecular weight excluding hydrogens is 462 g/mol. The molecule has 0 aliphatic carbocycles. The molecule has 2 aromatic carbocycles. The van der Waals surface area contributed by atoms with Crippen LogP contribution >= 0.6 is 0 Å². The minimum Gasteiger partial charge on any atom is -0.467 e. The normalized spacial score (nSPS) is 12.8. The van der Waals surface area contributed by atoms with Gasteiger partial charge in [-0.2, -0.15) is 0 Å². The first-order valence-electron chi connectivity index (χ1n) is 11.7. The van der Waals surface area contributed by atoms with Crippen molar-refractivity contribution in [3.05, 3.63) is 65.2 Å². The summed E-state index contributed by atoms with van der Waals surface area (Å²) < 4.78 is 4.83. The van der Waals surface area contributed by atoms with Crippen LogP contribution in [0.4, 0.5) is 10.5 Å². The van der Waals surface area contributed by atoms with Crippen molar-refractivity contribution in [2.24, 2.45) is 21.7 Å². The smallest absolute Gasteiger partial charge is 0.360 e. The fourth-order valence-electron chi connectivity index (χ4n) is 3.40. The van der Waals surface area contributed by atoms with Crippen LogP contribution in [0.1, 0.15) is 29.5 Å². The Morgan fingerprint density at radius 1 is 1.00 bits per heavy atom. The van der Waals surface area contributed by atoms with Crippen LogP contribution in [-0.2, 0) is 20.7 Å². The molecule has 36 heavy (non-hydrogen) atoms. The lowest BCUT2D eigenvalue weighted by atomic mass is 10.0. The molecule has 2 atom stereocenters. The molecule has 194 valence electrons. The Labute approximate surface area is 211 Å². The first-order valence-corrected chi connectivity index (χ1v) is 11.7. The first kappa shape index (κ1) is 28.6. The SMILES string of the molecule is COC(=O)C(CCCNC(N)N)NC(=O)C(Cc1ccccc1)NC(=O)N=Nc1cc(C)ccc1C. The molecule has 7 N–H and O–H groups in total. The van der Waals surface area contributed by atoms with Gasteiger partial charge in [-0.1, -0.05) is 47.6 Å². The topological polar surface area (TPSA) is 173 Å². The number of amides is 3. The minimum atomic E-state index is -1.000. The van der Waals surface area contributed by atoms with E-state index < -0.39 is 36.3 Å². The Morgan fingerprint density at radius 3 is 2.39 bits per heavy atom. The number of carbonyl (C=O) groups is 3. The number of esters is 1. The maximum absolute atomic E-state index is 13.2. The van der Waals surface area contributed by atoms with Crippen LogP contribution in [0.3, 0.4) is 0 Å². The number of aryl methyl sites for hydroxylation is 2. The van der Waals surface area contributed by atoms with E-state index in [1.54, 1.807) is 0 Å². The number of methoxy groups -OCH3 is 1. The summed E-state index contributed by atoms with van der Waals surface area (Å²) in [4.78, 5) is 38.0. The van der Waals surface area contributed by atoms with Crippen molar-refractivity contribution in [2.75, 3.05) is 13.7 Å². The van der Waals surface area contributed by atoms with E-state index in [9.17, 15) is 14.4 Å². The van der Waals surface area contributed by atoms with Crippen LogP contribution < -0.4 is 27.4 Å². The van der Waals surface area contributed by atoms with Crippen molar-refractivity contribution in [1.82, 2.24) is 16.0 Å². The van der Waals surface area contributed by atoms with Crippen molar-refractivity contribution in [1.29, 1.82) is 0 Å². The number of azo groups is 1. The molecule has 0 fully saturated rings. The van der Waals surface area contributed by atoms with Crippen LogP contribution in [0.15, 0.2) is 58.8 Å². The molecule has 0 heterocycles. The van der Waals surface area contributed by atoms with Gasteiger partial charge in [-0.05, 0) is 56.0 Å². The van der Waals surface area contributed by atoms with Crippen molar-refractivity contribution < 1.29 is 19.1 Å². The zero-order chi connectivity index (χ0) is 26.5. The van der Waals surface area contributed by atoms with Gasteiger partial charge in [0.05, 0.1) is 12.8 Å². The highest BCUT2D eigenvalue weighted by molar-refractivity contribution is 5.90. The van der Waals surface area contributed by atoms with Crippen LogP contribution in [0.2, 0.25) is 0 Å². The number of nitrogens with zero attached hydrogens (tertiary/aromatic N) is 2. The van der Waals surface area contributed by atoms with Crippen molar-refractivity contribution in [2.45, 2.75) is 51.5 Å². The summed E-state index contributed by atoms with van der Waals surface area (Å²) in [5, 5.41) is 15.9. The molecule has 0 spiro atoms. The number of rotatable bonds is 12. The summed E-state index contributed by atoms with van der Waals surface area (Å²) in [6.45, 7) is 4.22. The lowest BCUT2D eigenvalue weighted by Gasteiger charge is -2.22. The summed E-state index contributed by atoms with van der Waals surface area (Å²) >= 11 is 0. The second-order valence-electron chi connectivity index (χ2n) is 8.39. The third-order valence-electron chi connectivity index (χ3n) is 5.36. The van der Waals surface area contributed by atoms with Gasteiger partial charge in [0.2, 0.25) is 5.91 Å². The van der Waals surface area contributed by atoms with Gasteiger partial charge in [0.15, 0.2) is 0 Å². The number of benzene rings is 2. The Kier molecular flexibility index (Phi) is 11.6. The van der Waals surface area contributed by atoms with Crippen molar-refractivity contribution >= 4 is 23.6 Å². The maximum Gasteiger partial charge on any atom is 0.360 e. The second kappa shape index (κ2) is 14.7. The van der Waals surface area contributed by atoms with Gasteiger partial charge < -0.3 is 26.8 Å². The molecular formula is C25H35N7O4. The Bertz CT molecular complexity index is 1040. The molecule has 0 aliphatic rings. The van der Waals surface area contributed by atoms with E-state index in [-0.39, 0.29) is 12.8 Å². The van der Waals surface area contributed by atoms with E-state index in [2.05, 4.69) is 26.2 Å². The third kappa shape index (κ3) is 9.90. The molecule has 0 aliphatic heterocycles. The molecule has 0 radical (unpaired) electrons. The lowest BCUT2D eigenvalue weighted by molar-refractivity contribution is -0.145. The van der Waals surface area contributed by atoms with Crippen LogP contribution in [-0.4, -0.2) is 49.9 Å². The van der Waals surface area contributed by atoms with Gasteiger partial charge in [0.1, 0.15) is 18.4 Å². The predicted octanol–water partition coefficient (Wildman–Crippen LogP) is 1.94.